The normalized spacial score (nSPS) is 14.4. The second kappa shape index (κ2) is 5.26. The van der Waals surface area contributed by atoms with Gasteiger partial charge in [0, 0.05) is 24.7 Å². The number of nitrogens with zero attached hydrogens (tertiary/aromatic N) is 1. The molecule has 0 unspecified atom stereocenters. The molecule has 1 aliphatic rings. The summed E-state index contributed by atoms with van der Waals surface area (Å²) in [4.78, 5) is 1.94. The molecule has 2 aromatic carbocycles. The highest BCUT2D eigenvalue weighted by Crippen LogP contribution is 2.37. The highest BCUT2D eigenvalue weighted by molar-refractivity contribution is 6.17. The molecule has 0 N–H and O–H groups in total. The second-order valence-corrected chi connectivity index (χ2v) is 5.36. The molecule has 0 spiro atoms. The van der Waals surface area contributed by atoms with Gasteiger partial charge in [0.1, 0.15) is 0 Å². The van der Waals surface area contributed by atoms with Gasteiger partial charge in [0.05, 0.1) is 5.56 Å². The fourth-order valence-electron chi connectivity index (χ4n) is 2.66. The number of alkyl halides is 4. The maximum Gasteiger partial charge on any atom is 0.416 e. The third-order valence-electron chi connectivity index (χ3n) is 3.75. The zero-order chi connectivity index (χ0) is 15.0. The molecule has 0 saturated carbocycles. The van der Waals surface area contributed by atoms with Gasteiger partial charge in [-0.05, 0) is 28.8 Å². The van der Waals surface area contributed by atoms with Crippen molar-refractivity contribution in [2.75, 3.05) is 4.90 Å². The molecule has 0 radical (unpaired) electrons. The van der Waals surface area contributed by atoms with E-state index >= 15 is 0 Å². The smallest absolute Gasteiger partial charge is 0.363 e. The van der Waals surface area contributed by atoms with Gasteiger partial charge in [0.2, 0.25) is 0 Å². The highest BCUT2D eigenvalue weighted by atomic mass is 35.5. The van der Waals surface area contributed by atoms with Crippen LogP contribution in [-0.2, 0) is 25.1 Å². The second-order valence-electron chi connectivity index (χ2n) is 5.10. The molecule has 0 aliphatic carbocycles. The maximum absolute atomic E-state index is 13.1. The molecule has 1 heterocycles. The van der Waals surface area contributed by atoms with Gasteiger partial charge in [-0.1, -0.05) is 30.3 Å². The number of rotatable bonds is 2. The summed E-state index contributed by atoms with van der Waals surface area (Å²) in [6.45, 7) is 1.27. The van der Waals surface area contributed by atoms with Crippen LogP contribution in [0.3, 0.4) is 0 Å². The van der Waals surface area contributed by atoms with E-state index in [1.54, 1.807) is 6.07 Å². The van der Waals surface area contributed by atoms with Gasteiger partial charge >= 0.3 is 6.18 Å². The van der Waals surface area contributed by atoms with Crippen molar-refractivity contribution in [1.82, 2.24) is 0 Å². The van der Waals surface area contributed by atoms with E-state index in [1.807, 2.05) is 29.2 Å². The molecule has 0 bridgehead atoms. The third kappa shape index (κ3) is 2.72. The van der Waals surface area contributed by atoms with Gasteiger partial charge in [0.15, 0.2) is 0 Å². The number of anilines is 1. The Balaban J connectivity index is 1.95. The topological polar surface area (TPSA) is 3.24 Å². The first kappa shape index (κ1) is 14.3. The Kier molecular flexibility index (Phi) is 3.57. The molecule has 0 fully saturated rings. The van der Waals surface area contributed by atoms with Crippen LogP contribution in [0.4, 0.5) is 18.9 Å². The summed E-state index contributed by atoms with van der Waals surface area (Å²) >= 11 is 5.61. The first-order chi connectivity index (χ1) is 9.99. The van der Waals surface area contributed by atoms with E-state index in [0.717, 1.165) is 11.1 Å². The number of halogens is 4. The van der Waals surface area contributed by atoms with Crippen LogP contribution in [0, 0.1) is 0 Å². The van der Waals surface area contributed by atoms with Crippen molar-refractivity contribution in [3.05, 3.63) is 64.7 Å². The van der Waals surface area contributed by atoms with Crippen molar-refractivity contribution >= 4 is 17.3 Å². The van der Waals surface area contributed by atoms with Gasteiger partial charge in [-0.15, -0.1) is 11.6 Å². The average Bonchev–Trinajstić information content (AvgIpc) is 2.89. The van der Waals surface area contributed by atoms with E-state index in [2.05, 4.69) is 0 Å². The van der Waals surface area contributed by atoms with Crippen LogP contribution in [0.2, 0.25) is 0 Å². The van der Waals surface area contributed by atoms with Crippen LogP contribution in [0.15, 0.2) is 42.5 Å². The summed E-state index contributed by atoms with van der Waals surface area (Å²) in [5.74, 6) is -0.144. The molecule has 110 valence electrons. The lowest BCUT2D eigenvalue weighted by atomic mass is 10.1. The first-order valence-electron chi connectivity index (χ1n) is 6.57. The minimum atomic E-state index is -4.38. The minimum Gasteiger partial charge on any atom is -0.363 e. The van der Waals surface area contributed by atoms with Gasteiger partial charge in [-0.2, -0.15) is 13.2 Å². The predicted molar refractivity (Wildman–Crippen MR) is 77.3 cm³/mol. The lowest BCUT2D eigenvalue weighted by molar-refractivity contribution is -0.138. The van der Waals surface area contributed by atoms with Gasteiger partial charge in [-0.25, -0.2) is 0 Å². The molecule has 0 aromatic heterocycles. The van der Waals surface area contributed by atoms with Crippen molar-refractivity contribution in [1.29, 1.82) is 0 Å². The fourth-order valence-corrected chi connectivity index (χ4v) is 2.89. The summed E-state index contributed by atoms with van der Waals surface area (Å²) < 4.78 is 39.3. The summed E-state index contributed by atoms with van der Waals surface area (Å²) in [6.07, 6.45) is -4.38. The van der Waals surface area contributed by atoms with Crippen molar-refractivity contribution < 1.29 is 13.2 Å². The summed E-state index contributed by atoms with van der Waals surface area (Å²) in [5.41, 5.74) is 2.36. The Morgan fingerprint density at radius 2 is 1.62 bits per heavy atom. The predicted octanol–water partition coefficient (Wildman–Crippen LogP) is 4.96. The summed E-state index contributed by atoms with van der Waals surface area (Å²) in [6, 6.07) is 12.3. The molecule has 1 aliphatic heterocycles. The molecule has 2 aromatic rings. The molecular formula is C16H13ClF3N. The monoisotopic (exact) mass is 311 g/mol. The molecule has 0 atom stereocenters. The van der Waals surface area contributed by atoms with Gasteiger partial charge < -0.3 is 4.90 Å². The molecule has 5 heteroatoms. The lowest BCUT2D eigenvalue weighted by Gasteiger charge is -2.20. The van der Waals surface area contributed by atoms with Crippen LogP contribution in [-0.4, -0.2) is 0 Å². The number of fused-ring (bicyclic) bond motifs is 1. The van der Waals surface area contributed by atoms with E-state index in [-0.39, 0.29) is 11.4 Å². The highest BCUT2D eigenvalue weighted by Gasteiger charge is 2.34. The van der Waals surface area contributed by atoms with Crippen LogP contribution in [0.1, 0.15) is 22.3 Å². The molecule has 0 saturated heterocycles. The van der Waals surface area contributed by atoms with Gasteiger partial charge in [0.25, 0.3) is 0 Å². The Morgan fingerprint density at radius 1 is 1.00 bits per heavy atom. The quantitative estimate of drug-likeness (QED) is 0.708. The average molecular weight is 312 g/mol. The standard InChI is InChI=1S/C16H13ClF3N/c17-8-11-5-6-14(7-15(11)16(18,19)20)21-9-12-3-1-2-4-13(12)10-21/h1-7H,8-10H2. The largest absolute Gasteiger partial charge is 0.416 e. The number of hydrogen-bond donors (Lipinski definition) is 0. The maximum atomic E-state index is 13.1. The van der Waals surface area contributed by atoms with Crippen molar-refractivity contribution in [2.24, 2.45) is 0 Å². The van der Waals surface area contributed by atoms with Crippen molar-refractivity contribution in [3.63, 3.8) is 0 Å². The number of hydrogen-bond acceptors (Lipinski definition) is 1. The molecule has 1 nitrogen and oxygen atoms in total. The lowest BCUT2D eigenvalue weighted by Crippen LogP contribution is -2.16. The zero-order valence-electron chi connectivity index (χ0n) is 11.1. The van der Waals surface area contributed by atoms with Gasteiger partial charge in [-0.3, -0.25) is 0 Å². The fraction of sp³-hybridized carbons (Fsp3) is 0.250. The molecule has 3 rings (SSSR count). The molecule has 0 amide bonds. The van der Waals surface area contributed by atoms with E-state index < -0.39 is 11.7 Å². The SMILES string of the molecule is FC(F)(F)c1cc(N2Cc3ccccc3C2)ccc1CCl. The summed E-state index contributed by atoms with van der Waals surface area (Å²) in [7, 11) is 0. The molecule has 21 heavy (non-hydrogen) atoms. The van der Waals surface area contributed by atoms with E-state index in [4.69, 9.17) is 11.6 Å². The van der Waals surface area contributed by atoms with E-state index in [1.165, 1.54) is 12.1 Å². The van der Waals surface area contributed by atoms with Crippen molar-refractivity contribution in [3.8, 4) is 0 Å². The zero-order valence-corrected chi connectivity index (χ0v) is 11.9. The summed E-state index contributed by atoms with van der Waals surface area (Å²) in [5, 5.41) is 0. The Morgan fingerprint density at radius 3 is 2.14 bits per heavy atom. The van der Waals surface area contributed by atoms with E-state index in [9.17, 15) is 13.2 Å². The van der Waals surface area contributed by atoms with E-state index in [0.29, 0.717) is 18.8 Å². The minimum absolute atomic E-state index is 0.115. The third-order valence-corrected chi connectivity index (χ3v) is 4.04. The van der Waals surface area contributed by atoms with Crippen LogP contribution in [0.25, 0.3) is 0 Å². The van der Waals surface area contributed by atoms with Crippen LogP contribution < -0.4 is 4.90 Å². The Labute approximate surface area is 126 Å². The number of benzene rings is 2. The first-order valence-corrected chi connectivity index (χ1v) is 7.10. The molecular weight excluding hydrogens is 299 g/mol. The van der Waals surface area contributed by atoms with Crippen LogP contribution in [0.5, 0.6) is 0 Å². The Hall–Kier alpha value is -1.68. The van der Waals surface area contributed by atoms with Crippen LogP contribution >= 0.6 is 11.6 Å². The Bertz CT molecular complexity index is 642. The van der Waals surface area contributed by atoms with Crippen molar-refractivity contribution in [2.45, 2.75) is 25.1 Å².